The van der Waals surface area contributed by atoms with Gasteiger partial charge in [-0.25, -0.2) is 0 Å². The molecule has 1 nitrogen and oxygen atoms in total. The smallest absolute Gasteiger partial charge is 0.0615 e. The average molecular weight is 214 g/mol. The predicted molar refractivity (Wildman–Crippen MR) is 68.0 cm³/mol. The Bertz CT molecular complexity index is 380. The number of aliphatic hydroxyl groups excluding tert-OH is 1. The van der Waals surface area contributed by atoms with Crippen molar-refractivity contribution in [3.8, 4) is 0 Å². The van der Waals surface area contributed by atoms with Crippen molar-refractivity contribution in [3.63, 3.8) is 0 Å². The van der Waals surface area contributed by atoms with Gasteiger partial charge in [-0.1, -0.05) is 48.6 Å². The van der Waals surface area contributed by atoms with E-state index in [-0.39, 0.29) is 6.61 Å². The fourth-order valence-corrected chi connectivity index (χ4v) is 2.18. The van der Waals surface area contributed by atoms with Gasteiger partial charge in [0.1, 0.15) is 0 Å². The molecule has 0 saturated carbocycles. The minimum absolute atomic E-state index is 0.111. The first-order valence-electron chi connectivity index (χ1n) is 5.94. The topological polar surface area (TPSA) is 20.2 Å². The van der Waals surface area contributed by atoms with E-state index in [9.17, 15) is 0 Å². The van der Waals surface area contributed by atoms with Crippen LogP contribution in [0.1, 0.15) is 19.3 Å². The van der Waals surface area contributed by atoms with E-state index in [0.717, 1.165) is 6.42 Å². The third-order valence-electron chi connectivity index (χ3n) is 3.02. The summed E-state index contributed by atoms with van der Waals surface area (Å²) < 4.78 is 0. The quantitative estimate of drug-likeness (QED) is 0.747. The summed E-state index contributed by atoms with van der Waals surface area (Å²) in [6.07, 6.45) is 20.6. The van der Waals surface area contributed by atoms with Gasteiger partial charge in [-0.15, -0.1) is 0 Å². The summed E-state index contributed by atoms with van der Waals surface area (Å²) in [4.78, 5) is 0. The fourth-order valence-electron chi connectivity index (χ4n) is 2.18. The molecule has 0 bridgehead atoms. The Hall–Kier alpha value is -1.34. The predicted octanol–water partition coefficient (Wildman–Crippen LogP) is 3.31. The highest BCUT2D eigenvalue weighted by Gasteiger charge is 2.12. The van der Waals surface area contributed by atoms with E-state index in [2.05, 4.69) is 36.5 Å². The lowest BCUT2D eigenvalue weighted by Crippen LogP contribution is -2.04. The van der Waals surface area contributed by atoms with Crippen molar-refractivity contribution in [1.82, 2.24) is 0 Å². The number of fused-ring (bicyclic) bond motifs is 1. The van der Waals surface area contributed by atoms with Crippen LogP contribution in [0, 0.1) is 5.92 Å². The van der Waals surface area contributed by atoms with Gasteiger partial charge in [-0.3, -0.25) is 0 Å². The molecular formula is C15H18O. The molecule has 0 fully saturated rings. The minimum atomic E-state index is 0.111. The molecule has 0 amide bonds. The zero-order valence-electron chi connectivity index (χ0n) is 9.47. The number of hydrogen-bond donors (Lipinski definition) is 1. The van der Waals surface area contributed by atoms with E-state index in [1.807, 2.05) is 6.08 Å². The number of aliphatic hydroxyl groups is 1. The van der Waals surface area contributed by atoms with E-state index >= 15 is 0 Å². The van der Waals surface area contributed by atoms with Crippen LogP contribution in [0.15, 0.2) is 59.8 Å². The Morgan fingerprint density at radius 3 is 3.19 bits per heavy atom. The van der Waals surface area contributed by atoms with Crippen LogP contribution in [-0.4, -0.2) is 11.7 Å². The summed E-state index contributed by atoms with van der Waals surface area (Å²) in [5.74, 6) is 0.580. The van der Waals surface area contributed by atoms with Crippen LogP contribution in [0.25, 0.3) is 0 Å². The highest BCUT2D eigenvalue weighted by Crippen LogP contribution is 2.27. The Morgan fingerprint density at radius 2 is 2.31 bits per heavy atom. The van der Waals surface area contributed by atoms with E-state index in [0.29, 0.717) is 5.92 Å². The fraction of sp³-hybridized carbons (Fsp3) is 0.333. The van der Waals surface area contributed by atoms with Crippen LogP contribution >= 0.6 is 0 Å². The van der Waals surface area contributed by atoms with Crippen LogP contribution in [0.3, 0.4) is 0 Å². The van der Waals surface area contributed by atoms with Crippen molar-refractivity contribution in [2.24, 2.45) is 5.92 Å². The molecule has 2 aliphatic carbocycles. The lowest BCUT2D eigenvalue weighted by molar-refractivity contribution is 0.342. The Labute approximate surface area is 97.2 Å². The normalized spacial score (nSPS) is 24.7. The number of rotatable bonds is 2. The van der Waals surface area contributed by atoms with Crippen molar-refractivity contribution in [2.45, 2.75) is 19.3 Å². The highest BCUT2D eigenvalue weighted by molar-refractivity contribution is 5.42. The molecule has 2 aliphatic rings. The molecule has 1 atom stereocenters. The van der Waals surface area contributed by atoms with Gasteiger partial charge in [-0.2, -0.15) is 0 Å². The second kappa shape index (κ2) is 5.66. The third kappa shape index (κ3) is 2.83. The van der Waals surface area contributed by atoms with E-state index < -0.39 is 0 Å². The van der Waals surface area contributed by atoms with Gasteiger partial charge >= 0.3 is 0 Å². The second-order valence-electron chi connectivity index (χ2n) is 4.21. The Balaban J connectivity index is 2.23. The zero-order valence-corrected chi connectivity index (χ0v) is 9.47. The van der Waals surface area contributed by atoms with Crippen LogP contribution in [0.2, 0.25) is 0 Å². The van der Waals surface area contributed by atoms with Crippen molar-refractivity contribution in [3.05, 3.63) is 59.8 Å². The molecule has 0 radical (unpaired) electrons. The van der Waals surface area contributed by atoms with Crippen molar-refractivity contribution in [2.75, 3.05) is 6.61 Å². The second-order valence-corrected chi connectivity index (χ2v) is 4.21. The van der Waals surface area contributed by atoms with Crippen LogP contribution in [-0.2, 0) is 0 Å². The molecule has 1 unspecified atom stereocenters. The monoisotopic (exact) mass is 214 g/mol. The van der Waals surface area contributed by atoms with E-state index in [4.69, 9.17) is 5.11 Å². The Kier molecular flexibility index (Phi) is 3.95. The zero-order chi connectivity index (χ0) is 11.2. The van der Waals surface area contributed by atoms with Crippen molar-refractivity contribution in [1.29, 1.82) is 0 Å². The van der Waals surface area contributed by atoms with Crippen molar-refractivity contribution >= 4 is 0 Å². The van der Waals surface area contributed by atoms with Gasteiger partial charge in [0.05, 0.1) is 6.61 Å². The van der Waals surface area contributed by atoms with Gasteiger partial charge in [0, 0.05) is 5.92 Å². The van der Waals surface area contributed by atoms with E-state index in [1.54, 1.807) is 6.08 Å². The molecule has 1 heteroatoms. The largest absolute Gasteiger partial charge is 0.392 e. The van der Waals surface area contributed by atoms with Gasteiger partial charge in [0.15, 0.2) is 0 Å². The summed E-state index contributed by atoms with van der Waals surface area (Å²) in [7, 11) is 0. The molecule has 2 rings (SSSR count). The first-order chi connectivity index (χ1) is 7.90. The third-order valence-corrected chi connectivity index (χ3v) is 3.02. The first kappa shape index (κ1) is 11.2. The number of hydrogen-bond acceptors (Lipinski definition) is 1. The highest BCUT2D eigenvalue weighted by atomic mass is 16.2. The SMILES string of the molecule is OC/C=C/C1=CCCCC2C=CC=CC2=C1. The maximum absolute atomic E-state index is 8.80. The first-order valence-corrected chi connectivity index (χ1v) is 5.94. The lowest BCUT2D eigenvalue weighted by Gasteiger charge is -2.19. The minimum Gasteiger partial charge on any atom is -0.392 e. The van der Waals surface area contributed by atoms with Crippen LogP contribution < -0.4 is 0 Å². The van der Waals surface area contributed by atoms with Crippen LogP contribution in [0.4, 0.5) is 0 Å². The molecular weight excluding hydrogens is 196 g/mol. The summed E-state index contributed by atoms with van der Waals surface area (Å²) in [5.41, 5.74) is 2.60. The van der Waals surface area contributed by atoms with Crippen molar-refractivity contribution < 1.29 is 5.11 Å². The maximum atomic E-state index is 8.80. The van der Waals surface area contributed by atoms with Gasteiger partial charge < -0.3 is 5.11 Å². The average Bonchev–Trinajstić information content (AvgIpc) is 2.29. The molecule has 0 aromatic carbocycles. The molecule has 0 aromatic heterocycles. The molecule has 0 heterocycles. The summed E-state index contributed by atoms with van der Waals surface area (Å²) in [6, 6.07) is 0. The molecule has 0 spiro atoms. The lowest BCUT2D eigenvalue weighted by atomic mass is 9.86. The molecule has 0 aliphatic heterocycles. The molecule has 1 N–H and O–H groups in total. The summed E-state index contributed by atoms with van der Waals surface area (Å²) >= 11 is 0. The molecule has 16 heavy (non-hydrogen) atoms. The van der Waals surface area contributed by atoms with E-state index in [1.165, 1.54) is 24.0 Å². The summed E-state index contributed by atoms with van der Waals surface area (Å²) in [6.45, 7) is 0.111. The maximum Gasteiger partial charge on any atom is 0.0615 e. The standard InChI is InChI=1S/C15H18O/c16-11-5-7-13-6-1-2-8-14-9-3-4-10-15(14)12-13/h3-7,9-10,12,14,16H,1-2,8,11H2/b7-5+,13-6?,15-12?. The van der Waals surface area contributed by atoms with Gasteiger partial charge in [-0.05, 0) is 30.4 Å². The molecule has 84 valence electrons. The summed E-state index contributed by atoms with van der Waals surface area (Å²) in [5, 5.41) is 8.80. The van der Waals surface area contributed by atoms with Crippen LogP contribution in [0.5, 0.6) is 0 Å². The molecule has 0 aromatic rings. The van der Waals surface area contributed by atoms with Gasteiger partial charge in [0.25, 0.3) is 0 Å². The number of allylic oxidation sites excluding steroid dienone is 9. The Morgan fingerprint density at radius 1 is 1.38 bits per heavy atom. The molecule has 0 saturated heterocycles. The van der Waals surface area contributed by atoms with Gasteiger partial charge in [0.2, 0.25) is 0 Å².